The van der Waals surface area contributed by atoms with Gasteiger partial charge in [0.15, 0.2) is 0 Å². The molecule has 0 unspecified atom stereocenters. The predicted octanol–water partition coefficient (Wildman–Crippen LogP) is 1.84. The van der Waals surface area contributed by atoms with E-state index in [2.05, 4.69) is 5.32 Å². The molecule has 0 saturated heterocycles. The summed E-state index contributed by atoms with van der Waals surface area (Å²) in [5.41, 5.74) is 0.653. The molecule has 0 radical (unpaired) electrons. The molecule has 0 bridgehead atoms. The number of esters is 1. The quantitative estimate of drug-likeness (QED) is 0.600. The normalized spacial score (nSPS) is 26.4. The number of nitrogens with one attached hydrogen (secondary N) is 1. The van der Waals surface area contributed by atoms with E-state index in [9.17, 15) is 9.59 Å². The van der Waals surface area contributed by atoms with Crippen molar-refractivity contribution in [1.82, 2.24) is 5.32 Å². The standard InChI is InChI=1S/C14H19NO3/c1-9-11(12(16)15-10-5-6-10)13(17)18-14(9)7-3-2-4-8-14/h10H,2-8H2,1H3,(H,15,16). The summed E-state index contributed by atoms with van der Waals surface area (Å²) in [6.45, 7) is 1.89. The van der Waals surface area contributed by atoms with Gasteiger partial charge in [0.25, 0.3) is 5.91 Å². The predicted molar refractivity (Wildman–Crippen MR) is 65.8 cm³/mol. The molecule has 0 aromatic carbocycles. The van der Waals surface area contributed by atoms with Crippen molar-refractivity contribution in [3.8, 4) is 0 Å². The third kappa shape index (κ3) is 1.84. The highest BCUT2D eigenvalue weighted by Gasteiger charge is 2.48. The second-order valence-electron chi connectivity index (χ2n) is 5.69. The molecule has 1 amide bonds. The maximum absolute atomic E-state index is 12.1. The van der Waals surface area contributed by atoms with Crippen LogP contribution >= 0.6 is 0 Å². The minimum atomic E-state index is -0.467. The summed E-state index contributed by atoms with van der Waals surface area (Å²) < 4.78 is 5.56. The Morgan fingerprint density at radius 2 is 1.94 bits per heavy atom. The van der Waals surface area contributed by atoms with E-state index in [0.717, 1.165) is 44.1 Å². The highest BCUT2D eigenvalue weighted by molar-refractivity contribution is 6.18. The fourth-order valence-corrected chi connectivity index (χ4v) is 3.03. The van der Waals surface area contributed by atoms with Crippen LogP contribution in [0.5, 0.6) is 0 Å². The SMILES string of the molecule is CC1=C(C(=O)NC2CC2)C(=O)OC12CCCCC2. The Bertz CT molecular complexity index is 428. The molecule has 0 aromatic heterocycles. The van der Waals surface area contributed by atoms with Gasteiger partial charge in [-0.1, -0.05) is 6.42 Å². The molecule has 3 aliphatic rings. The van der Waals surface area contributed by atoms with Crippen LogP contribution in [0.4, 0.5) is 0 Å². The summed E-state index contributed by atoms with van der Waals surface area (Å²) >= 11 is 0. The van der Waals surface area contributed by atoms with Gasteiger partial charge in [0.2, 0.25) is 0 Å². The molecule has 0 aromatic rings. The number of amides is 1. The zero-order valence-electron chi connectivity index (χ0n) is 10.8. The summed E-state index contributed by atoms with van der Waals surface area (Å²) in [6, 6.07) is 0.272. The van der Waals surface area contributed by atoms with Gasteiger partial charge in [-0.05, 0) is 51.0 Å². The molecule has 3 rings (SSSR count). The molecule has 4 nitrogen and oxygen atoms in total. The van der Waals surface area contributed by atoms with Crippen LogP contribution in [-0.2, 0) is 14.3 Å². The first-order valence-corrected chi connectivity index (χ1v) is 6.88. The van der Waals surface area contributed by atoms with Crippen molar-refractivity contribution in [3.63, 3.8) is 0 Å². The first-order chi connectivity index (χ1) is 8.62. The molecule has 2 fully saturated rings. The van der Waals surface area contributed by atoms with Crippen molar-refractivity contribution < 1.29 is 14.3 Å². The zero-order valence-corrected chi connectivity index (χ0v) is 10.8. The average Bonchev–Trinajstić information content (AvgIpc) is 3.10. The van der Waals surface area contributed by atoms with Crippen molar-refractivity contribution in [2.75, 3.05) is 0 Å². The van der Waals surface area contributed by atoms with E-state index in [4.69, 9.17) is 4.74 Å². The number of hydrogen-bond donors (Lipinski definition) is 1. The van der Waals surface area contributed by atoms with Crippen molar-refractivity contribution >= 4 is 11.9 Å². The molecule has 4 heteroatoms. The number of carbonyl (C=O) groups excluding carboxylic acids is 2. The smallest absolute Gasteiger partial charge is 0.344 e. The Balaban J connectivity index is 1.85. The Hall–Kier alpha value is -1.32. The lowest BCUT2D eigenvalue weighted by atomic mass is 9.79. The second-order valence-corrected chi connectivity index (χ2v) is 5.69. The summed E-state index contributed by atoms with van der Waals surface area (Å²) in [5.74, 6) is -0.657. The van der Waals surface area contributed by atoms with Gasteiger partial charge in [0, 0.05) is 6.04 Å². The maximum Gasteiger partial charge on any atom is 0.344 e. The average molecular weight is 249 g/mol. The summed E-state index contributed by atoms with van der Waals surface area (Å²) in [4.78, 5) is 24.0. The molecule has 1 N–H and O–H groups in total. The molecule has 2 aliphatic carbocycles. The maximum atomic E-state index is 12.1. The van der Waals surface area contributed by atoms with E-state index in [0.29, 0.717) is 0 Å². The number of hydrogen-bond acceptors (Lipinski definition) is 3. The van der Waals surface area contributed by atoms with Crippen molar-refractivity contribution in [3.05, 3.63) is 11.1 Å². The molecule has 2 saturated carbocycles. The van der Waals surface area contributed by atoms with Crippen LogP contribution in [0.15, 0.2) is 11.1 Å². The molecule has 98 valence electrons. The van der Waals surface area contributed by atoms with E-state index in [-0.39, 0.29) is 17.5 Å². The lowest BCUT2D eigenvalue weighted by Gasteiger charge is -2.33. The van der Waals surface area contributed by atoms with Gasteiger partial charge in [-0.25, -0.2) is 4.79 Å². The molecule has 0 atom stereocenters. The van der Waals surface area contributed by atoms with Gasteiger partial charge >= 0.3 is 5.97 Å². The highest BCUT2D eigenvalue weighted by atomic mass is 16.6. The van der Waals surface area contributed by atoms with Gasteiger partial charge in [0.05, 0.1) is 0 Å². The zero-order chi connectivity index (χ0) is 12.8. The Labute approximate surface area is 107 Å². The first kappa shape index (κ1) is 11.8. The first-order valence-electron chi connectivity index (χ1n) is 6.88. The van der Waals surface area contributed by atoms with E-state index in [1.165, 1.54) is 6.42 Å². The number of carbonyl (C=O) groups is 2. The summed E-state index contributed by atoms with van der Waals surface area (Å²) in [7, 11) is 0. The van der Waals surface area contributed by atoms with Gasteiger partial charge in [0.1, 0.15) is 11.2 Å². The fourth-order valence-electron chi connectivity index (χ4n) is 3.03. The van der Waals surface area contributed by atoms with Crippen LogP contribution < -0.4 is 5.32 Å². The minimum Gasteiger partial charge on any atom is -0.451 e. The van der Waals surface area contributed by atoms with Crippen molar-refractivity contribution in [2.24, 2.45) is 0 Å². The Kier molecular flexibility index (Phi) is 2.68. The van der Waals surface area contributed by atoms with E-state index >= 15 is 0 Å². The van der Waals surface area contributed by atoms with Crippen LogP contribution in [0.1, 0.15) is 51.9 Å². The van der Waals surface area contributed by atoms with E-state index < -0.39 is 11.6 Å². The minimum absolute atomic E-state index is 0.234. The third-order valence-corrected chi connectivity index (χ3v) is 4.35. The van der Waals surface area contributed by atoms with Gasteiger partial charge in [-0.15, -0.1) is 0 Å². The summed E-state index contributed by atoms with van der Waals surface area (Å²) in [6.07, 6.45) is 7.12. The van der Waals surface area contributed by atoms with Gasteiger partial charge < -0.3 is 10.1 Å². The Morgan fingerprint density at radius 3 is 2.56 bits per heavy atom. The van der Waals surface area contributed by atoms with Crippen LogP contribution in [0.2, 0.25) is 0 Å². The largest absolute Gasteiger partial charge is 0.451 e. The fraction of sp³-hybridized carbons (Fsp3) is 0.714. The monoisotopic (exact) mass is 249 g/mol. The van der Waals surface area contributed by atoms with Crippen molar-refractivity contribution in [1.29, 1.82) is 0 Å². The van der Waals surface area contributed by atoms with Crippen LogP contribution in [0.25, 0.3) is 0 Å². The van der Waals surface area contributed by atoms with Crippen LogP contribution in [0.3, 0.4) is 0 Å². The van der Waals surface area contributed by atoms with Gasteiger partial charge in [-0.3, -0.25) is 4.79 Å². The summed E-state index contributed by atoms with van der Waals surface area (Å²) in [5, 5.41) is 2.88. The second kappa shape index (κ2) is 4.11. The molecule has 1 heterocycles. The molecule has 18 heavy (non-hydrogen) atoms. The van der Waals surface area contributed by atoms with Crippen molar-refractivity contribution in [2.45, 2.75) is 63.5 Å². The van der Waals surface area contributed by atoms with Crippen LogP contribution in [0, 0.1) is 0 Å². The molecular weight excluding hydrogens is 230 g/mol. The molecule has 1 spiro atoms. The van der Waals surface area contributed by atoms with Crippen LogP contribution in [-0.4, -0.2) is 23.5 Å². The third-order valence-electron chi connectivity index (χ3n) is 4.35. The highest BCUT2D eigenvalue weighted by Crippen LogP contribution is 2.43. The van der Waals surface area contributed by atoms with E-state index in [1.807, 2.05) is 6.92 Å². The lowest BCUT2D eigenvalue weighted by Crippen LogP contribution is -2.33. The number of rotatable bonds is 2. The topological polar surface area (TPSA) is 55.4 Å². The van der Waals surface area contributed by atoms with Gasteiger partial charge in [-0.2, -0.15) is 0 Å². The lowest BCUT2D eigenvalue weighted by molar-refractivity contribution is -0.149. The molecule has 1 aliphatic heterocycles. The van der Waals surface area contributed by atoms with E-state index in [1.54, 1.807) is 0 Å². The number of ether oxygens (including phenoxy) is 1. The Morgan fingerprint density at radius 1 is 1.28 bits per heavy atom. The molecular formula is C14H19NO3.